The van der Waals surface area contributed by atoms with Crippen molar-refractivity contribution in [2.24, 2.45) is 0 Å². The van der Waals surface area contributed by atoms with Crippen LogP contribution >= 0.6 is 0 Å². The van der Waals surface area contributed by atoms with Crippen molar-refractivity contribution < 1.29 is 14.3 Å². The smallest absolute Gasteiger partial charge is 0.271 e. The summed E-state index contributed by atoms with van der Waals surface area (Å²) in [6, 6.07) is 7.45. The van der Waals surface area contributed by atoms with Crippen molar-refractivity contribution >= 4 is 5.91 Å². The maximum absolute atomic E-state index is 12.9. The Kier molecular flexibility index (Phi) is 4.65. The number of benzene rings is 1. The van der Waals surface area contributed by atoms with Gasteiger partial charge in [-0.1, -0.05) is 0 Å². The quantitative estimate of drug-likeness (QED) is 0.705. The number of rotatable bonds is 5. The van der Waals surface area contributed by atoms with Gasteiger partial charge in [0.05, 0.1) is 12.0 Å². The molecule has 0 aliphatic carbocycles. The van der Waals surface area contributed by atoms with E-state index < -0.39 is 0 Å². The molecule has 0 radical (unpaired) electrons. The molecule has 2 aliphatic heterocycles. The van der Waals surface area contributed by atoms with Crippen LogP contribution < -0.4 is 9.47 Å². The minimum atomic E-state index is -0.0150. The Morgan fingerprint density at radius 2 is 1.93 bits per heavy atom. The summed E-state index contributed by atoms with van der Waals surface area (Å²) in [4.78, 5) is 21.2. The normalized spacial score (nSPS) is 16.3. The first-order chi connectivity index (χ1) is 14.3. The van der Waals surface area contributed by atoms with Crippen LogP contribution in [0.15, 0.2) is 43.0 Å². The summed E-state index contributed by atoms with van der Waals surface area (Å²) >= 11 is 0. The molecule has 2 aromatic heterocycles. The molecule has 150 valence electrons. The van der Waals surface area contributed by atoms with E-state index in [9.17, 15) is 4.79 Å². The highest BCUT2D eigenvalue weighted by atomic mass is 16.7. The van der Waals surface area contributed by atoms with Crippen LogP contribution in [0.25, 0.3) is 11.3 Å². The average molecular weight is 394 g/mol. The molecule has 1 N–H and O–H groups in total. The zero-order chi connectivity index (χ0) is 19.6. The summed E-state index contributed by atoms with van der Waals surface area (Å²) in [5.41, 5.74) is 2.10. The summed E-state index contributed by atoms with van der Waals surface area (Å²) in [7, 11) is 0. The third-order valence-corrected chi connectivity index (χ3v) is 5.37. The molecule has 0 bridgehead atoms. The number of piperazine rings is 1. The minimum absolute atomic E-state index is 0.0150. The lowest BCUT2D eigenvalue weighted by molar-refractivity contribution is 0.0627. The van der Waals surface area contributed by atoms with Crippen LogP contribution in [0.2, 0.25) is 0 Å². The van der Waals surface area contributed by atoms with Gasteiger partial charge in [-0.2, -0.15) is 5.10 Å². The molecule has 0 saturated carbocycles. The van der Waals surface area contributed by atoms with E-state index in [2.05, 4.69) is 24.6 Å². The van der Waals surface area contributed by atoms with E-state index in [1.807, 2.05) is 35.6 Å². The maximum Gasteiger partial charge on any atom is 0.271 e. The summed E-state index contributed by atoms with van der Waals surface area (Å²) in [6.45, 7) is 5.25. The predicted molar refractivity (Wildman–Crippen MR) is 105 cm³/mol. The van der Waals surface area contributed by atoms with Gasteiger partial charge in [-0.3, -0.25) is 14.8 Å². The van der Waals surface area contributed by atoms with Crippen molar-refractivity contribution in [3.63, 3.8) is 0 Å². The Morgan fingerprint density at radius 3 is 2.76 bits per heavy atom. The van der Waals surface area contributed by atoms with Crippen molar-refractivity contribution in [2.45, 2.75) is 6.54 Å². The first-order valence-corrected chi connectivity index (χ1v) is 9.69. The van der Waals surface area contributed by atoms with Gasteiger partial charge in [0.25, 0.3) is 5.91 Å². The van der Waals surface area contributed by atoms with Crippen molar-refractivity contribution in [3.05, 3.63) is 48.7 Å². The lowest BCUT2D eigenvalue weighted by Crippen LogP contribution is -2.49. The average Bonchev–Trinajstić information content (AvgIpc) is 3.53. The molecule has 0 atom stereocenters. The number of nitrogens with one attached hydrogen (secondary N) is 1. The van der Waals surface area contributed by atoms with Gasteiger partial charge in [0, 0.05) is 57.2 Å². The van der Waals surface area contributed by atoms with Crippen molar-refractivity contribution in [1.29, 1.82) is 0 Å². The van der Waals surface area contributed by atoms with Crippen LogP contribution in [-0.2, 0) is 6.54 Å². The lowest BCUT2D eigenvalue weighted by Gasteiger charge is -2.34. The molecular formula is C20H22N6O3. The molecule has 9 heteroatoms. The number of aromatic nitrogens is 4. The third-order valence-electron chi connectivity index (χ3n) is 5.37. The van der Waals surface area contributed by atoms with Crippen molar-refractivity contribution in [3.8, 4) is 22.8 Å². The first kappa shape index (κ1) is 17.7. The van der Waals surface area contributed by atoms with Crippen LogP contribution in [0.4, 0.5) is 0 Å². The summed E-state index contributed by atoms with van der Waals surface area (Å²) in [6.07, 6.45) is 5.59. The number of hydrogen-bond acceptors (Lipinski definition) is 6. The minimum Gasteiger partial charge on any atom is -0.454 e. The second-order valence-electron chi connectivity index (χ2n) is 7.17. The SMILES string of the molecule is O=C(c1cc(-c2ccc3c(c2)OCO3)n[nH]1)N1CCN(CCn2ccnc2)CC1. The first-order valence-electron chi connectivity index (χ1n) is 9.69. The summed E-state index contributed by atoms with van der Waals surface area (Å²) < 4.78 is 12.8. The highest BCUT2D eigenvalue weighted by Gasteiger charge is 2.24. The Balaban J connectivity index is 1.19. The predicted octanol–water partition coefficient (Wildman–Crippen LogP) is 1.46. The molecular weight excluding hydrogens is 372 g/mol. The second kappa shape index (κ2) is 7.59. The molecule has 29 heavy (non-hydrogen) atoms. The number of hydrogen-bond donors (Lipinski definition) is 1. The van der Waals surface area contributed by atoms with Crippen LogP contribution in [-0.4, -0.2) is 75.0 Å². The van der Waals surface area contributed by atoms with Crippen molar-refractivity contribution in [1.82, 2.24) is 29.5 Å². The van der Waals surface area contributed by atoms with Crippen LogP contribution in [0.5, 0.6) is 11.5 Å². The monoisotopic (exact) mass is 394 g/mol. The van der Waals surface area contributed by atoms with E-state index in [0.29, 0.717) is 30.2 Å². The summed E-state index contributed by atoms with van der Waals surface area (Å²) in [5, 5.41) is 7.20. The van der Waals surface area contributed by atoms with Gasteiger partial charge in [-0.15, -0.1) is 0 Å². The molecule has 0 unspecified atom stereocenters. The van der Waals surface area contributed by atoms with E-state index in [0.717, 1.165) is 37.5 Å². The number of fused-ring (bicyclic) bond motifs is 1. The molecule has 0 spiro atoms. The van der Waals surface area contributed by atoms with Crippen LogP contribution in [0, 0.1) is 0 Å². The fourth-order valence-corrected chi connectivity index (χ4v) is 3.66. The van der Waals surface area contributed by atoms with E-state index in [4.69, 9.17) is 9.47 Å². The molecule has 3 aromatic rings. The number of aromatic amines is 1. The number of H-pyrrole nitrogens is 1. The van der Waals surface area contributed by atoms with Gasteiger partial charge in [-0.25, -0.2) is 4.98 Å². The highest BCUT2D eigenvalue weighted by molar-refractivity contribution is 5.93. The summed E-state index contributed by atoms with van der Waals surface area (Å²) in [5.74, 6) is 1.41. The van der Waals surface area contributed by atoms with Crippen molar-refractivity contribution in [2.75, 3.05) is 39.5 Å². The number of nitrogens with zero attached hydrogens (tertiary/aromatic N) is 5. The van der Waals surface area contributed by atoms with Gasteiger partial charge < -0.3 is 18.9 Å². The molecule has 1 fully saturated rings. The van der Waals surface area contributed by atoms with Crippen LogP contribution in [0.1, 0.15) is 10.5 Å². The number of amides is 1. The number of ether oxygens (including phenoxy) is 2. The molecule has 5 rings (SSSR count). The Bertz CT molecular complexity index is 992. The molecule has 1 saturated heterocycles. The van der Waals surface area contributed by atoms with Gasteiger partial charge in [0.15, 0.2) is 11.5 Å². The van der Waals surface area contributed by atoms with Gasteiger partial charge in [0.2, 0.25) is 6.79 Å². The van der Waals surface area contributed by atoms with E-state index in [-0.39, 0.29) is 12.7 Å². The molecule has 1 amide bonds. The fourth-order valence-electron chi connectivity index (χ4n) is 3.66. The van der Waals surface area contributed by atoms with Crippen LogP contribution in [0.3, 0.4) is 0 Å². The molecule has 4 heterocycles. The largest absolute Gasteiger partial charge is 0.454 e. The van der Waals surface area contributed by atoms with Gasteiger partial charge >= 0.3 is 0 Å². The highest BCUT2D eigenvalue weighted by Crippen LogP contribution is 2.35. The van der Waals surface area contributed by atoms with E-state index in [1.165, 1.54) is 0 Å². The Morgan fingerprint density at radius 1 is 1.07 bits per heavy atom. The maximum atomic E-state index is 12.9. The number of carbonyl (C=O) groups is 1. The van der Waals surface area contributed by atoms with Gasteiger partial charge in [-0.05, 0) is 24.3 Å². The third kappa shape index (κ3) is 3.68. The second-order valence-corrected chi connectivity index (χ2v) is 7.17. The topological polar surface area (TPSA) is 88.5 Å². The van der Waals surface area contributed by atoms with E-state index in [1.54, 1.807) is 12.3 Å². The number of imidazole rings is 1. The fraction of sp³-hybridized carbons (Fsp3) is 0.350. The lowest BCUT2D eigenvalue weighted by atomic mass is 10.1. The van der Waals surface area contributed by atoms with Gasteiger partial charge in [0.1, 0.15) is 5.69 Å². The molecule has 9 nitrogen and oxygen atoms in total. The van der Waals surface area contributed by atoms with E-state index >= 15 is 0 Å². The Hall–Kier alpha value is -3.33. The zero-order valence-corrected chi connectivity index (χ0v) is 16.0. The number of carbonyl (C=O) groups excluding carboxylic acids is 1. The molecule has 2 aliphatic rings. The Labute approximate surface area is 167 Å². The standard InChI is InChI=1S/C20H22N6O3/c27-20(26-9-7-24(8-10-26)5-6-25-4-3-21-13-25)17-12-16(22-23-17)15-1-2-18-19(11-15)29-14-28-18/h1-4,11-13H,5-10,14H2,(H,22,23). The zero-order valence-electron chi connectivity index (χ0n) is 16.0. The molecule has 1 aromatic carbocycles.